The van der Waals surface area contributed by atoms with E-state index >= 15 is 0 Å². The van der Waals surface area contributed by atoms with E-state index in [4.69, 9.17) is 12.2 Å². The van der Waals surface area contributed by atoms with Crippen LogP contribution in [0.5, 0.6) is 0 Å². The van der Waals surface area contributed by atoms with Gasteiger partial charge >= 0.3 is 0 Å². The molecule has 0 saturated heterocycles. The number of aromatic nitrogens is 4. The van der Waals surface area contributed by atoms with Crippen LogP contribution >= 0.6 is 23.6 Å². The third kappa shape index (κ3) is 2.32. The van der Waals surface area contributed by atoms with E-state index in [2.05, 4.69) is 47.4 Å². The Labute approximate surface area is 110 Å². The molecule has 17 heavy (non-hydrogen) atoms. The highest BCUT2D eigenvalue weighted by molar-refractivity contribution is 7.71. The van der Waals surface area contributed by atoms with E-state index in [0.29, 0.717) is 10.7 Å². The van der Waals surface area contributed by atoms with E-state index in [0.717, 1.165) is 10.8 Å². The number of rotatable bonds is 3. The Bertz CT molecular complexity index is 564. The van der Waals surface area contributed by atoms with Gasteiger partial charge in [0.05, 0.1) is 6.04 Å². The fraction of sp³-hybridized carbons (Fsp3) is 0.545. The minimum Gasteiger partial charge on any atom is -0.294 e. The zero-order valence-corrected chi connectivity index (χ0v) is 12.0. The smallest absolute Gasteiger partial charge is 0.195 e. The number of nitrogens with zero attached hydrogens (tertiary/aromatic N) is 3. The summed E-state index contributed by atoms with van der Waals surface area (Å²) in [5, 5.41) is 8.23. The average molecular weight is 268 g/mol. The molecular formula is C11H16N4S2. The molecule has 0 radical (unpaired) electrons. The van der Waals surface area contributed by atoms with Crippen LogP contribution < -0.4 is 0 Å². The van der Waals surface area contributed by atoms with Crippen molar-refractivity contribution in [1.29, 1.82) is 0 Å². The van der Waals surface area contributed by atoms with E-state index in [-0.39, 0.29) is 6.04 Å². The largest absolute Gasteiger partial charge is 0.294 e. The van der Waals surface area contributed by atoms with Gasteiger partial charge in [-0.15, -0.1) is 11.3 Å². The van der Waals surface area contributed by atoms with Crippen LogP contribution in [0.3, 0.4) is 0 Å². The summed E-state index contributed by atoms with van der Waals surface area (Å²) in [6.45, 7) is 8.39. The predicted molar refractivity (Wildman–Crippen MR) is 72.2 cm³/mol. The van der Waals surface area contributed by atoms with Gasteiger partial charge in [0.25, 0.3) is 0 Å². The lowest BCUT2D eigenvalue weighted by Crippen LogP contribution is -2.11. The molecule has 0 saturated carbocycles. The summed E-state index contributed by atoms with van der Waals surface area (Å²) in [6, 6.07) is 0.136. The van der Waals surface area contributed by atoms with Gasteiger partial charge in [-0.25, -0.2) is 4.98 Å². The van der Waals surface area contributed by atoms with Gasteiger partial charge in [0.15, 0.2) is 4.77 Å². The van der Waals surface area contributed by atoms with Crippen LogP contribution in [0.1, 0.15) is 48.4 Å². The first-order chi connectivity index (χ1) is 8.00. The Kier molecular flexibility index (Phi) is 3.44. The number of thiazole rings is 1. The van der Waals surface area contributed by atoms with Gasteiger partial charge in [0.2, 0.25) is 0 Å². The Morgan fingerprint density at radius 2 is 2.12 bits per heavy atom. The standard InChI is InChI=1S/C11H16N4S2/c1-6(2)9-13-14-11(16)15(9)8(4)10-12-5-7(3)17-10/h5-6,8H,1-4H3,(H,14,16). The lowest BCUT2D eigenvalue weighted by atomic mass is 10.2. The first kappa shape index (κ1) is 12.4. The van der Waals surface area contributed by atoms with Crippen molar-refractivity contribution in [2.24, 2.45) is 0 Å². The Hall–Kier alpha value is -1.01. The summed E-state index contributed by atoms with van der Waals surface area (Å²) in [4.78, 5) is 5.64. The number of aryl methyl sites for hydroxylation is 1. The number of H-pyrrole nitrogens is 1. The molecule has 1 N–H and O–H groups in total. The van der Waals surface area contributed by atoms with Crippen LogP contribution in [0.25, 0.3) is 0 Å². The van der Waals surface area contributed by atoms with Crippen molar-refractivity contribution < 1.29 is 0 Å². The third-order valence-corrected chi connectivity index (χ3v) is 4.00. The van der Waals surface area contributed by atoms with Gasteiger partial charge in [0, 0.05) is 17.0 Å². The molecular weight excluding hydrogens is 252 g/mol. The number of hydrogen-bond donors (Lipinski definition) is 1. The topological polar surface area (TPSA) is 46.5 Å². The van der Waals surface area contributed by atoms with Gasteiger partial charge < -0.3 is 0 Å². The lowest BCUT2D eigenvalue weighted by Gasteiger charge is -2.14. The minimum atomic E-state index is 0.136. The van der Waals surface area contributed by atoms with Crippen LogP contribution in [0.2, 0.25) is 0 Å². The lowest BCUT2D eigenvalue weighted by molar-refractivity contribution is 0.570. The van der Waals surface area contributed by atoms with E-state index in [1.807, 2.05) is 6.20 Å². The van der Waals surface area contributed by atoms with Crippen molar-refractivity contribution in [1.82, 2.24) is 19.7 Å². The van der Waals surface area contributed by atoms with Gasteiger partial charge in [0.1, 0.15) is 10.8 Å². The highest BCUT2D eigenvalue weighted by atomic mass is 32.1. The normalized spacial score (nSPS) is 13.2. The van der Waals surface area contributed by atoms with Crippen molar-refractivity contribution in [3.8, 4) is 0 Å². The van der Waals surface area contributed by atoms with Crippen LogP contribution in [-0.4, -0.2) is 19.7 Å². The van der Waals surface area contributed by atoms with Crippen molar-refractivity contribution >= 4 is 23.6 Å². The highest BCUT2D eigenvalue weighted by Gasteiger charge is 2.18. The molecule has 1 unspecified atom stereocenters. The second-order valence-electron chi connectivity index (χ2n) is 4.40. The van der Waals surface area contributed by atoms with Crippen molar-refractivity contribution in [2.45, 2.75) is 39.7 Å². The molecule has 0 aliphatic carbocycles. The molecule has 0 fully saturated rings. The summed E-state index contributed by atoms with van der Waals surface area (Å²) in [5.74, 6) is 1.32. The summed E-state index contributed by atoms with van der Waals surface area (Å²) in [5.41, 5.74) is 0. The van der Waals surface area contributed by atoms with E-state index in [9.17, 15) is 0 Å². The van der Waals surface area contributed by atoms with Gasteiger partial charge in [-0.05, 0) is 26.1 Å². The molecule has 4 nitrogen and oxygen atoms in total. The Morgan fingerprint density at radius 1 is 1.41 bits per heavy atom. The van der Waals surface area contributed by atoms with Gasteiger partial charge in [-0.2, -0.15) is 5.10 Å². The summed E-state index contributed by atoms with van der Waals surface area (Å²) in [6.07, 6.45) is 1.90. The van der Waals surface area contributed by atoms with E-state index in [1.54, 1.807) is 11.3 Å². The van der Waals surface area contributed by atoms with Crippen molar-refractivity contribution in [2.75, 3.05) is 0 Å². The fourth-order valence-electron chi connectivity index (χ4n) is 1.77. The minimum absolute atomic E-state index is 0.136. The number of hydrogen-bond acceptors (Lipinski definition) is 4. The summed E-state index contributed by atoms with van der Waals surface area (Å²) < 4.78 is 2.72. The van der Waals surface area contributed by atoms with Gasteiger partial charge in [-0.3, -0.25) is 9.67 Å². The van der Waals surface area contributed by atoms with Crippen LogP contribution in [0, 0.1) is 11.7 Å². The average Bonchev–Trinajstić information content (AvgIpc) is 2.83. The number of aromatic amines is 1. The van der Waals surface area contributed by atoms with Crippen molar-refractivity contribution in [3.05, 3.63) is 26.7 Å². The van der Waals surface area contributed by atoms with Gasteiger partial charge in [-0.1, -0.05) is 13.8 Å². The molecule has 2 heterocycles. The second-order valence-corrected chi connectivity index (χ2v) is 6.05. The molecule has 6 heteroatoms. The molecule has 0 aliphatic rings. The molecule has 2 aromatic heterocycles. The van der Waals surface area contributed by atoms with Crippen LogP contribution in [0.15, 0.2) is 6.20 Å². The molecule has 0 bridgehead atoms. The number of nitrogens with one attached hydrogen (secondary N) is 1. The molecule has 1 atom stereocenters. The van der Waals surface area contributed by atoms with Crippen molar-refractivity contribution in [3.63, 3.8) is 0 Å². The highest BCUT2D eigenvalue weighted by Crippen LogP contribution is 2.26. The third-order valence-electron chi connectivity index (χ3n) is 2.63. The summed E-state index contributed by atoms with van der Waals surface area (Å²) >= 11 is 7.00. The zero-order chi connectivity index (χ0) is 12.6. The molecule has 2 aromatic rings. The first-order valence-corrected chi connectivity index (χ1v) is 6.82. The predicted octanol–water partition coefficient (Wildman–Crippen LogP) is 3.44. The Morgan fingerprint density at radius 3 is 2.65 bits per heavy atom. The van der Waals surface area contributed by atoms with Crippen LogP contribution in [-0.2, 0) is 0 Å². The molecule has 2 rings (SSSR count). The maximum Gasteiger partial charge on any atom is 0.195 e. The molecule has 0 amide bonds. The molecule has 0 spiro atoms. The maximum atomic E-state index is 5.30. The fourth-order valence-corrected chi connectivity index (χ4v) is 2.89. The Balaban J connectivity index is 2.46. The first-order valence-electron chi connectivity index (χ1n) is 5.59. The molecule has 0 aliphatic heterocycles. The van der Waals surface area contributed by atoms with E-state index < -0.39 is 0 Å². The molecule has 0 aromatic carbocycles. The quantitative estimate of drug-likeness (QED) is 0.867. The second kappa shape index (κ2) is 4.70. The van der Waals surface area contributed by atoms with E-state index in [1.165, 1.54) is 4.88 Å². The zero-order valence-electron chi connectivity index (χ0n) is 10.4. The summed E-state index contributed by atoms with van der Waals surface area (Å²) in [7, 11) is 0. The SMILES string of the molecule is Cc1cnc(C(C)n2c(C(C)C)n[nH]c2=S)s1. The maximum absolute atomic E-state index is 5.30. The molecule has 92 valence electrons. The monoisotopic (exact) mass is 268 g/mol. The van der Waals surface area contributed by atoms with Crippen LogP contribution in [0.4, 0.5) is 0 Å².